The molecule has 11 heteroatoms. The van der Waals surface area contributed by atoms with Crippen molar-refractivity contribution in [3.63, 3.8) is 0 Å². The molecule has 0 radical (unpaired) electrons. The highest BCUT2D eigenvalue weighted by Gasteiger charge is 2.32. The first-order chi connectivity index (χ1) is 19.3. The molecule has 1 saturated heterocycles. The van der Waals surface area contributed by atoms with Crippen molar-refractivity contribution in [3.05, 3.63) is 42.0 Å². The Kier molecular flexibility index (Phi) is 10.4. The molecule has 0 bridgehead atoms. The van der Waals surface area contributed by atoms with Gasteiger partial charge in [0.2, 0.25) is 0 Å². The van der Waals surface area contributed by atoms with Gasteiger partial charge >= 0.3 is 17.9 Å². The lowest BCUT2D eigenvalue weighted by Crippen LogP contribution is -2.44. The van der Waals surface area contributed by atoms with E-state index < -0.39 is 11.8 Å². The molecule has 3 N–H and O–H groups in total. The maximum atomic E-state index is 15.0. The third kappa shape index (κ3) is 7.97. The lowest BCUT2D eigenvalue weighted by Gasteiger charge is -2.40. The Morgan fingerprint density at radius 1 is 1.07 bits per heavy atom. The number of rotatable bonds is 11. The molecule has 1 saturated carbocycles. The summed E-state index contributed by atoms with van der Waals surface area (Å²) < 4.78 is 31.1. The third-order valence-corrected chi connectivity index (χ3v) is 7.67. The summed E-state index contributed by atoms with van der Waals surface area (Å²) in [6.07, 6.45) is 8.65. The van der Waals surface area contributed by atoms with Gasteiger partial charge in [-0.3, -0.25) is 15.0 Å². The summed E-state index contributed by atoms with van der Waals surface area (Å²) in [5.41, 5.74) is 6.16. The van der Waals surface area contributed by atoms with E-state index >= 15 is 4.39 Å². The van der Waals surface area contributed by atoms with Crippen LogP contribution in [0.25, 0.3) is 11.1 Å². The van der Waals surface area contributed by atoms with E-state index in [-0.39, 0.29) is 47.9 Å². The van der Waals surface area contributed by atoms with Crippen LogP contribution >= 0.6 is 0 Å². The second-order valence-electron chi connectivity index (χ2n) is 10.4. The molecule has 4 rings (SSSR count). The summed E-state index contributed by atoms with van der Waals surface area (Å²) >= 11 is 0. The van der Waals surface area contributed by atoms with Crippen LogP contribution < -0.4 is 10.5 Å². The minimum absolute atomic E-state index is 0.0459. The Bertz CT molecular complexity index is 1160. The average Bonchev–Trinajstić information content (AvgIpc) is 2.96. The fraction of sp³-hybridized carbons (Fsp3) is 0.552. The van der Waals surface area contributed by atoms with Crippen LogP contribution in [0, 0.1) is 23.1 Å². The number of nitrogens with one attached hydrogen (secondary N) is 1. The van der Waals surface area contributed by atoms with Gasteiger partial charge in [-0.05, 0) is 64.5 Å². The fourth-order valence-corrected chi connectivity index (χ4v) is 5.42. The SMILES string of the molecule is CCOC(=O)C1CCC(N2CCC(COc3ncc(-c4cccc(COC(=O)CC(=N)N)c4F)cn3)CC2)CC1. The number of piperidine rings is 1. The van der Waals surface area contributed by atoms with Crippen molar-refractivity contribution in [3.8, 4) is 17.1 Å². The Morgan fingerprint density at radius 2 is 1.77 bits per heavy atom. The molecule has 216 valence electrons. The molecule has 1 aromatic carbocycles. The van der Waals surface area contributed by atoms with Crippen molar-refractivity contribution >= 4 is 17.8 Å². The number of amidine groups is 1. The Hall–Kier alpha value is -3.60. The number of hydrogen-bond donors (Lipinski definition) is 2. The molecule has 2 fully saturated rings. The van der Waals surface area contributed by atoms with Gasteiger partial charge in [0, 0.05) is 35.1 Å². The number of ether oxygens (including phenoxy) is 3. The molecule has 2 heterocycles. The number of nitrogens with zero attached hydrogens (tertiary/aromatic N) is 3. The first kappa shape index (κ1) is 29.4. The highest BCUT2D eigenvalue weighted by Crippen LogP contribution is 2.31. The molecular formula is C29H38FN5O5. The van der Waals surface area contributed by atoms with Crippen LogP contribution in [-0.4, -0.2) is 65.0 Å². The fourth-order valence-electron chi connectivity index (χ4n) is 5.42. The average molecular weight is 556 g/mol. The number of carbonyl (C=O) groups is 2. The van der Waals surface area contributed by atoms with Crippen molar-refractivity contribution < 1.29 is 28.2 Å². The quantitative estimate of drug-likeness (QED) is 0.240. The standard InChI is InChI=1S/C29H38FN5O5/c1-2-38-28(37)20-6-8-23(9-7-20)35-12-10-19(11-13-35)17-40-29-33-15-22(16-34-29)24-5-3-4-21(27(24)30)18-39-26(36)14-25(31)32/h3-5,15-16,19-20,23H,2,6-14,17-18H2,1H3,(H3,31,32). The highest BCUT2D eigenvalue weighted by atomic mass is 19.1. The van der Waals surface area contributed by atoms with Gasteiger partial charge in [-0.2, -0.15) is 0 Å². The number of esters is 2. The van der Waals surface area contributed by atoms with Crippen LogP contribution in [0.3, 0.4) is 0 Å². The van der Waals surface area contributed by atoms with Crippen molar-refractivity contribution in [2.45, 2.75) is 64.5 Å². The molecule has 0 amide bonds. The number of benzene rings is 1. The summed E-state index contributed by atoms with van der Waals surface area (Å²) in [6, 6.07) is 5.58. The topological polar surface area (TPSA) is 141 Å². The van der Waals surface area contributed by atoms with Crippen LogP contribution in [0.4, 0.5) is 4.39 Å². The van der Waals surface area contributed by atoms with E-state index in [9.17, 15) is 9.59 Å². The zero-order valence-electron chi connectivity index (χ0n) is 22.9. The lowest BCUT2D eigenvalue weighted by molar-refractivity contribution is -0.149. The summed E-state index contributed by atoms with van der Waals surface area (Å²) in [4.78, 5) is 34.7. The van der Waals surface area contributed by atoms with E-state index in [0.29, 0.717) is 30.7 Å². The third-order valence-electron chi connectivity index (χ3n) is 7.67. The van der Waals surface area contributed by atoms with Crippen LogP contribution in [-0.2, 0) is 25.7 Å². The lowest BCUT2D eigenvalue weighted by atomic mass is 9.84. The maximum absolute atomic E-state index is 15.0. The number of carbonyl (C=O) groups excluding carboxylic acids is 2. The van der Waals surface area contributed by atoms with Gasteiger partial charge in [-0.15, -0.1) is 0 Å². The Balaban J connectivity index is 1.22. The molecule has 0 spiro atoms. The first-order valence-electron chi connectivity index (χ1n) is 14.0. The van der Waals surface area contributed by atoms with Gasteiger partial charge in [0.15, 0.2) is 0 Å². The van der Waals surface area contributed by atoms with Crippen LogP contribution in [0.2, 0.25) is 0 Å². The Morgan fingerprint density at radius 3 is 2.42 bits per heavy atom. The summed E-state index contributed by atoms with van der Waals surface area (Å²) in [6.45, 7) is 4.59. The van der Waals surface area contributed by atoms with Crippen molar-refractivity contribution in [2.75, 3.05) is 26.3 Å². The van der Waals surface area contributed by atoms with Gasteiger partial charge in [0.05, 0.1) is 19.1 Å². The van der Waals surface area contributed by atoms with Gasteiger partial charge in [0.25, 0.3) is 0 Å². The number of aromatic nitrogens is 2. The monoisotopic (exact) mass is 555 g/mol. The number of nitrogens with two attached hydrogens (primary N) is 1. The van der Waals surface area contributed by atoms with Crippen LogP contribution in [0.15, 0.2) is 30.6 Å². The molecule has 0 atom stereocenters. The molecule has 2 aromatic rings. The van der Waals surface area contributed by atoms with Crippen LogP contribution in [0.1, 0.15) is 57.4 Å². The number of hydrogen-bond acceptors (Lipinski definition) is 9. The van der Waals surface area contributed by atoms with Crippen molar-refractivity contribution in [1.82, 2.24) is 14.9 Å². The second-order valence-corrected chi connectivity index (χ2v) is 10.4. The summed E-state index contributed by atoms with van der Waals surface area (Å²) in [5, 5.41) is 7.14. The van der Waals surface area contributed by atoms with E-state index in [1.54, 1.807) is 12.1 Å². The minimum Gasteiger partial charge on any atom is -0.466 e. The predicted octanol–water partition coefficient (Wildman–Crippen LogP) is 3.86. The molecule has 1 aromatic heterocycles. The normalized spacial score (nSPS) is 20.1. The van der Waals surface area contributed by atoms with Crippen molar-refractivity contribution in [2.24, 2.45) is 17.6 Å². The smallest absolute Gasteiger partial charge is 0.316 e. The molecule has 10 nitrogen and oxygen atoms in total. The zero-order valence-corrected chi connectivity index (χ0v) is 22.9. The zero-order chi connectivity index (χ0) is 28.5. The van der Waals surface area contributed by atoms with E-state index in [1.807, 2.05) is 6.92 Å². The number of likely N-dealkylation sites (tertiary alicyclic amines) is 1. The summed E-state index contributed by atoms with van der Waals surface area (Å²) in [7, 11) is 0. The molecule has 1 aliphatic heterocycles. The number of halogens is 1. The van der Waals surface area contributed by atoms with Gasteiger partial charge in [-0.1, -0.05) is 18.2 Å². The van der Waals surface area contributed by atoms with Gasteiger partial charge in [0.1, 0.15) is 24.7 Å². The minimum atomic E-state index is -0.689. The molecule has 0 unspecified atom stereocenters. The Labute approximate surface area is 233 Å². The second kappa shape index (κ2) is 14.2. The molecular weight excluding hydrogens is 517 g/mol. The van der Waals surface area contributed by atoms with E-state index in [4.69, 9.17) is 25.4 Å². The van der Waals surface area contributed by atoms with E-state index in [1.165, 1.54) is 18.5 Å². The van der Waals surface area contributed by atoms with Crippen LogP contribution in [0.5, 0.6) is 6.01 Å². The molecule has 40 heavy (non-hydrogen) atoms. The maximum Gasteiger partial charge on any atom is 0.316 e. The van der Waals surface area contributed by atoms with Gasteiger partial charge in [-0.25, -0.2) is 14.4 Å². The highest BCUT2D eigenvalue weighted by molar-refractivity contribution is 5.94. The van der Waals surface area contributed by atoms with Gasteiger partial charge < -0.3 is 24.8 Å². The first-order valence-corrected chi connectivity index (χ1v) is 14.0. The van der Waals surface area contributed by atoms with E-state index in [0.717, 1.165) is 51.6 Å². The summed E-state index contributed by atoms with van der Waals surface area (Å²) in [5.74, 6) is -1.11. The van der Waals surface area contributed by atoms with E-state index in [2.05, 4.69) is 14.9 Å². The molecule has 1 aliphatic carbocycles. The largest absolute Gasteiger partial charge is 0.466 e. The predicted molar refractivity (Wildman–Crippen MR) is 146 cm³/mol. The molecule has 2 aliphatic rings. The van der Waals surface area contributed by atoms with Crippen molar-refractivity contribution in [1.29, 1.82) is 5.41 Å².